The molecule has 1 aromatic heterocycles. The van der Waals surface area contributed by atoms with Crippen LogP contribution in [0.2, 0.25) is 5.02 Å². The van der Waals surface area contributed by atoms with E-state index in [1.54, 1.807) is 0 Å². The standard InChI is InChI=1S/C20H20ClFN4O2S/c1-3-26-19(13(2)28-15-7-5-4-6-8-15)24-25-20(26)29-12-18(27)23-14-9-10-17(22)16(21)11-14/h4-11,13H,3,12H2,1-2H3,(H,23,27)/t13-/m0/s1. The Bertz CT molecular complexity index is 984. The number of nitrogens with zero attached hydrogens (tertiary/aromatic N) is 3. The van der Waals surface area contributed by atoms with E-state index in [-0.39, 0.29) is 22.8 Å². The Kier molecular flexibility index (Phi) is 7.11. The predicted octanol–water partition coefficient (Wildman–Crippen LogP) is 4.96. The van der Waals surface area contributed by atoms with Crippen molar-refractivity contribution in [1.82, 2.24) is 14.8 Å². The number of thioether (sulfide) groups is 1. The van der Waals surface area contributed by atoms with E-state index in [4.69, 9.17) is 16.3 Å². The lowest BCUT2D eigenvalue weighted by Crippen LogP contribution is -2.15. The van der Waals surface area contributed by atoms with Crippen LogP contribution in [0.1, 0.15) is 25.8 Å². The number of amides is 1. The van der Waals surface area contributed by atoms with Gasteiger partial charge in [-0.3, -0.25) is 4.79 Å². The lowest BCUT2D eigenvalue weighted by Gasteiger charge is -2.15. The first-order chi connectivity index (χ1) is 14.0. The van der Waals surface area contributed by atoms with Crippen LogP contribution in [-0.2, 0) is 11.3 Å². The highest BCUT2D eigenvalue weighted by molar-refractivity contribution is 7.99. The number of hydrogen-bond acceptors (Lipinski definition) is 5. The Morgan fingerprint density at radius 3 is 2.72 bits per heavy atom. The first-order valence-electron chi connectivity index (χ1n) is 9.00. The normalized spacial score (nSPS) is 11.9. The second kappa shape index (κ2) is 9.76. The maximum atomic E-state index is 13.2. The van der Waals surface area contributed by atoms with Gasteiger partial charge in [-0.05, 0) is 44.2 Å². The van der Waals surface area contributed by atoms with Crippen LogP contribution in [0.3, 0.4) is 0 Å². The molecular formula is C20H20ClFN4O2S. The summed E-state index contributed by atoms with van der Waals surface area (Å²) in [5.74, 6) is 0.774. The van der Waals surface area contributed by atoms with Crippen LogP contribution in [0.25, 0.3) is 0 Å². The van der Waals surface area contributed by atoms with Crippen molar-refractivity contribution >= 4 is 35.0 Å². The van der Waals surface area contributed by atoms with Gasteiger partial charge in [0, 0.05) is 12.2 Å². The van der Waals surface area contributed by atoms with E-state index in [2.05, 4.69) is 15.5 Å². The molecular weight excluding hydrogens is 415 g/mol. The molecule has 0 saturated carbocycles. The molecule has 6 nitrogen and oxygen atoms in total. The third kappa shape index (κ3) is 5.48. The smallest absolute Gasteiger partial charge is 0.234 e. The van der Waals surface area contributed by atoms with Crippen LogP contribution < -0.4 is 10.1 Å². The zero-order chi connectivity index (χ0) is 20.8. The molecule has 0 fully saturated rings. The molecule has 29 heavy (non-hydrogen) atoms. The van der Waals surface area contributed by atoms with Gasteiger partial charge in [-0.1, -0.05) is 41.6 Å². The van der Waals surface area contributed by atoms with Gasteiger partial charge in [0.15, 0.2) is 17.1 Å². The monoisotopic (exact) mass is 434 g/mol. The number of ether oxygens (including phenoxy) is 1. The quantitative estimate of drug-likeness (QED) is 0.507. The predicted molar refractivity (Wildman–Crippen MR) is 112 cm³/mol. The van der Waals surface area contributed by atoms with Gasteiger partial charge >= 0.3 is 0 Å². The van der Waals surface area contributed by atoms with Crippen LogP contribution in [0.15, 0.2) is 53.7 Å². The SMILES string of the molecule is CCn1c(SCC(=O)Nc2ccc(F)c(Cl)c2)nnc1[C@H](C)Oc1ccccc1. The molecule has 9 heteroatoms. The minimum Gasteiger partial charge on any atom is -0.483 e. The average Bonchev–Trinajstić information content (AvgIpc) is 3.13. The van der Waals surface area contributed by atoms with E-state index in [9.17, 15) is 9.18 Å². The molecule has 0 aliphatic heterocycles. The summed E-state index contributed by atoms with van der Waals surface area (Å²) in [4.78, 5) is 12.2. The number of benzene rings is 2. The summed E-state index contributed by atoms with van der Waals surface area (Å²) < 4.78 is 21.1. The molecule has 0 spiro atoms. The molecule has 1 heterocycles. The number of anilines is 1. The number of nitrogens with one attached hydrogen (secondary N) is 1. The first-order valence-corrected chi connectivity index (χ1v) is 10.4. The summed E-state index contributed by atoms with van der Waals surface area (Å²) in [5.41, 5.74) is 0.435. The molecule has 1 amide bonds. The van der Waals surface area contributed by atoms with Crippen LogP contribution in [0, 0.1) is 5.82 Å². The highest BCUT2D eigenvalue weighted by atomic mass is 35.5. The summed E-state index contributed by atoms with van der Waals surface area (Å²) in [5, 5.41) is 11.7. The van der Waals surface area contributed by atoms with Crippen LogP contribution in [-0.4, -0.2) is 26.4 Å². The van der Waals surface area contributed by atoms with E-state index >= 15 is 0 Å². The minimum absolute atomic E-state index is 0.0433. The molecule has 0 unspecified atom stereocenters. The number of aromatic nitrogens is 3. The molecule has 3 rings (SSSR count). The molecule has 1 atom stereocenters. The third-order valence-corrected chi connectivity index (χ3v) is 5.27. The average molecular weight is 435 g/mol. The van der Waals surface area contributed by atoms with Gasteiger partial charge in [0.05, 0.1) is 10.8 Å². The van der Waals surface area contributed by atoms with E-state index in [1.807, 2.05) is 48.7 Å². The van der Waals surface area contributed by atoms with Crippen LogP contribution in [0.4, 0.5) is 10.1 Å². The molecule has 0 aliphatic rings. The minimum atomic E-state index is -0.533. The zero-order valence-electron chi connectivity index (χ0n) is 15.9. The first kappa shape index (κ1) is 21.1. The van der Waals surface area contributed by atoms with E-state index in [1.165, 1.54) is 30.0 Å². The van der Waals surface area contributed by atoms with Crippen LogP contribution in [0.5, 0.6) is 5.75 Å². The Hall–Kier alpha value is -2.58. The van der Waals surface area contributed by atoms with Gasteiger partial charge in [-0.15, -0.1) is 10.2 Å². The summed E-state index contributed by atoms with van der Waals surface area (Å²) in [7, 11) is 0. The molecule has 0 bridgehead atoms. The van der Waals surface area contributed by atoms with Crippen molar-refractivity contribution in [2.75, 3.05) is 11.1 Å². The van der Waals surface area contributed by atoms with Gasteiger partial charge in [0.1, 0.15) is 11.6 Å². The molecule has 1 N–H and O–H groups in total. The van der Waals surface area contributed by atoms with Crippen molar-refractivity contribution in [3.8, 4) is 5.75 Å². The van der Waals surface area contributed by atoms with Crippen molar-refractivity contribution in [3.63, 3.8) is 0 Å². The van der Waals surface area contributed by atoms with Crippen LogP contribution >= 0.6 is 23.4 Å². The molecule has 3 aromatic rings. The zero-order valence-corrected chi connectivity index (χ0v) is 17.5. The summed E-state index contributed by atoms with van der Waals surface area (Å²) in [6.45, 7) is 4.53. The number of carbonyl (C=O) groups excluding carboxylic acids is 1. The fourth-order valence-electron chi connectivity index (χ4n) is 2.66. The second-order valence-corrected chi connectivity index (χ2v) is 7.47. The third-order valence-electron chi connectivity index (χ3n) is 4.02. The summed E-state index contributed by atoms with van der Waals surface area (Å²) >= 11 is 7.00. The number of para-hydroxylation sites is 1. The second-order valence-electron chi connectivity index (χ2n) is 6.12. The lowest BCUT2D eigenvalue weighted by molar-refractivity contribution is -0.113. The van der Waals surface area contributed by atoms with E-state index in [0.717, 1.165) is 5.75 Å². The maximum Gasteiger partial charge on any atom is 0.234 e. The summed E-state index contributed by atoms with van der Waals surface area (Å²) in [6.07, 6.45) is -0.297. The highest BCUT2D eigenvalue weighted by Gasteiger charge is 2.19. The Balaban J connectivity index is 1.62. The molecule has 0 saturated heterocycles. The Morgan fingerprint density at radius 1 is 1.28 bits per heavy atom. The van der Waals surface area contributed by atoms with Crippen molar-refractivity contribution < 1.29 is 13.9 Å². The number of rotatable bonds is 8. The molecule has 152 valence electrons. The van der Waals surface area contributed by atoms with Gasteiger partial charge < -0.3 is 14.6 Å². The fourth-order valence-corrected chi connectivity index (χ4v) is 3.65. The largest absolute Gasteiger partial charge is 0.483 e. The molecule has 0 aliphatic carbocycles. The van der Waals surface area contributed by atoms with Gasteiger partial charge in [0.25, 0.3) is 0 Å². The van der Waals surface area contributed by atoms with Crippen molar-refractivity contribution in [1.29, 1.82) is 0 Å². The number of hydrogen-bond donors (Lipinski definition) is 1. The lowest BCUT2D eigenvalue weighted by atomic mass is 10.3. The highest BCUT2D eigenvalue weighted by Crippen LogP contribution is 2.25. The van der Waals surface area contributed by atoms with Crippen molar-refractivity contribution in [2.24, 2.45) is 0 Å². The van der Waals surface area contributed by atoms with Crippen molar-refractivity contribution in [2.45, 2.75) is 31.7 Å². The topological polar surface area (TPSA) is 69.0 Å². The fraction of sp³-hybridized carbons (Fsp3) is 0.250. The van der Waals surface area contributed by atoms with E-state index in [0.29, 0.717) is 23.2 Å². The number of carbonyl (C=O) groups is 1. The molecule has 2 aromatic carbocycles. The van der Waals surface area contributed by atoms with Gasteiger partial charge in [0.2, 0.25) is 5.91 Å². The van der Waals surface area contributed by atoms with E-state index < -0.39 is 5.82 Å². The number of halogens is 2. The van der Waals surface area contributed by atoms with Gasteiger partial charge in [-0.25, -0.2) is 4.39 Å². The summed E-state index contributed by atoms with van der Waals surface area (Å²) in [6, 6.07) is 13.5. The van der Waals surface area contributed by atoms with Crippen molar-refractivity contribution in [3.05, 3.63) is 65.2 Å². The maximum absolute atomic E-state index is 13.2. The Labute approximate surface area is 177 Å². The van der Waals surface area contributed by atoms with Gasteiger partial charge in [-0.2, -0.15) is 0 Å². The molecule has 0 radical (unpaired) electrons. The Morgan fingerprint density at radius 2 is 2.03 bits per heavy atom.